The average molecular weight is 237 g/mol. The minimum absolute atomic E-state index is 0.0910. The summed E-state index contributed by atoms with van der Waals surface area (Å²) in [6.07, 6.45) is 7.82. The summed E-state index contributed by atoms with van der Waals surface area (Å²) in [5.41, 5.74) is 7.39. The van der Waals surface area contributed by atoms with Crippen molar-refractivity contribution in [1.29, 1.82) is 0 Å². The monoisotopic (exact) mass is 237 g/mol. The van der Waals surface area contributed by atoms with Crippen molar-refractivity contribution < 1.29 is 4.74 Å². The molecule has 1 aromatic rings. The molecular formula is C13H23N3O. The Morgan fingerprint density at radius 2 is 2.53 bits per heavy atom. The van der Waals surface area contributed by atoms with Crippen molar-refractivity contribution in [2.45, 2.75) is 57.7 Å². The number of rotatable bonds is 6. The van der Waals surface area contributed by atoms with Crippen LogP contribution in [0.25, 0.3) is 0 Å². The summed E-state index contributed by atoms with van der Waals surface area (Å²) in [5.74, 6) is 0. The molecule has 1 aliphatic rings. The van der Waals surface area contributed by atoms with E-state index in [1.807, 2.05) is 16.9 Å². The van der Waals surface area contributed by atoms with Gasteiger partial charge in [0.05, 0.1) is 11.8 Å². The van der Waals surface area contributed by atoms with E-state index in [1.54, 1.807) is 0 Å². The molecular weight excluding hydrogens is 214 g/mol. The van der Waals surface area contributed by atoms with Crippen LogP contribution in [-0.2, 0) is 11.3 Å². The van der Waals surface area contributed by atoms with Crippen molar-refractivity contribution in [3.8, 4) is 0 Å². The standard InChI is InChI=1S/C13H23N3O/c1-2-9-16-13(7-8-15-16)12(14)6-5-11-4-3-10-17-11/h7-8,11-12H,2-6,9-10,14H2,1H3. The van der Waals surface area contributed by atoms with Crippen LogP contribution < -0.4 is 5.73 Å². The zero-order valence-corrected chi connectivity index (χ0v) is 10.6. The number of hydrogen-bond donors (Lipinski definition) is 1. The Kier molecular flexibility index (Phi) is 4.57. The van der Waals surface area contributed by atoms with Crippen molar-refractivity contribution in [2.75, 3.05) is 6.61 Å². The van der Waals surface area contributed by atoms with Crippen LogP contribution >= 0.6 is 0 Å². The molecule has 2 unspecified atom stereocenters. The molecule has 2 rings (SSSR count). The van der Waals surface area contributed by atoms with Crippen LogP contribution in [0.4, 0.5) is 0 Å². The van der Waals surface area contributed by atoms with E-state index in [-0.39, 0.29) is 6.04 Å². The van der Waals surface area contributed by atoms with Gasteiger partial charge in [0.2, 0.25) is 0 Å². The van der Waals surface area contributed by atoms with E-state index in [4.69, 9.17) is 10.5 Å². The summed E-state index contributed by atoms with van der Waals surface area (Å²) in [6.45, 7) is 4.03. The van der Waals surface area contributed by atoms with Gasteiger partial charge >= 0.3 is 0 Å². The first kappa shape index (κ1) is 12.6. The molecule has 1 fully saturated rings. The topological polar surface area (TPSA) is 53.1 Å². The lowest BCUT2D eigenvalue weighted by Crippen LogP contribution is -2.18. The number of aromatic nitrogens is 2. The molecule has 96 valence electrons. The summed E-state index contributed by atoms with van der Waals surface area (Å²) < 4.78 is 7.65. The molecule has 0 spiro atoms. The second-order valence-electron chi connectivity index (χ2n) is 4.80. The molecule has 1 aromatic heterocycles. The Morgan fingerprint density at radius 3 is 3.24 bits per heavy atom. The smallest absolute Gasteiger partial charge is 0.0576 e. The lowest BCUT2D eigenvalue weighted by atomic mass is 10.0. The maximum Gasteiger partial charge on any atom is 0.0576 e. The molecule has 0 bridgehead atoms. The number of aryl methyl sites for hydroxylation is 1. The van der Waals surface area contributed by atoms with E-state index in [0.29, 0.717) is 6.10 Å². The van der Waals surface area contributed by atoms with E-state index in [1.165, 1.54) is 12.8 Å². The van der Waals surface area contributed by atoms with E-state index in [2.05, 4.69) is 12.0 Å². The maximum absolute atomic E-state index is 6.23. The van der Waals surface area contributed by atoms with Gasteiger partial charge < -0.3 is 10.5 Å². The third-order valence-electron chi connectivity index (χ3n) is 3.39. The first-order valence-electron chi connectivity index (χ1n) is 6.70. The Hall–Kier alpha value is -0.870. The van der Waals surface area contributed by atoms with Crippen molar-refractivity contribution in [3.05, 3.63) is 18.0 Å². The van der Waals surface area contributed by atoms with Gasteiger partial charge in [-0.2, -0.15) is 5.10 Å². The van der Waals surface area contributed by atoms with Gasteiger partial charge in [0.25, 0.3) is 0 Å². The normalized spacial score (nSPS) is 21.9. The first-order chi connectivity index (χ1) is 8.31. The molecule has 4 nitrogen and oxygen atoms in total. The fourth-order valence-electron chi connectivity index (χ4n) is 2.44. The molecule has 0 aliphatic carbocycles. The lowest BCUT2D eigenvalue weighted by molar-refractivity contribution is 0.100. The summed E-state index contributed by atoms with van der Waals surface area (Å²) >= 11 is 0. The number of ether oxygens (including phenoxy) is 1. The van der Waals surface area contributed by atoms with E-state index >= 15 is 0 Å². The molecule has 2 N–H and O–H groups in total. The molecule has 4 heteroatoms. The molecule has 2 atom stereocenters. The minimum Gasteiger partial charge on any atom is -0.378 e. The highest BCUT2D eigenvalue weighted by molar-refractivity contribution is 5.06. The van der Waals surface area contributed by atoms with Gasteiger partial charge in [-0.25, -0.2) is 0 Å². The number of nitrogens with zero attached hydrogens (tertiary/aromatic N) is 2. The van der Waals surface area contributed by atoms with Gasteiger partial charge in [-0.1, -0.05) is 6.92 Å². The highest BCUT2D eigenvalue weighted by Crippen LogP contribution is 2.22. The van der Waals surface area contributed by atoms with Gasteiger partial charge in [0.1, 0.15) is 0 Å². The second-order valence-corrected chi connectivity index (χ2v) is 4.80. The molecule has 2 heterocycles. The molecule has 0 saturated carbocycles. The van der Waals surface area contributed by atoms with Gasteiger partial charge in [-0.15, -0.1) is 0 Å². The largest absolute Gasteiger partial charge is 0.378 e. The van der Waals surface area contributed by atoms with Crippen LogP contribution in [0, 0.1) is 0 Å². The van der Waals surface area contributed by atoms with Crippen LogP contribution in [0.3, 0.4) is 0 Å². The Labute approximate surface area is 103 Å². The van der Waals surface area contributed by atoms with Crippen LogP contribution in [0.2, 0.25) is 0 Å². The molecule has 0 amide bonds. The number of hydrogen-bond acceptors (Lipinski definition) is 3. The molecule has 0 aromatic carbocycles. The molecule has 0 radical (unpaired) electrons. The first-order valence-corrected chi connectivity index (χ1v) is 6.70. The lowest BCUT2D eigenvalue weighted by Gasteiger charge is -2.16. The third kappa shape index (κ3) is 3.30. The molecule has 1 saturated heterocycles. The van der Waals surface area contributed by atoms with E-state index < -0.39 is 0 Å². The Bertz CT molecular complexity index is 331. The fraction of sp³-hybridized carbons (Fsp3) is 0.769. The summed E-state index contributed by atoms with van der Waals surface area (Å²) in [7, 11) is 0. The maximum atomic E-state index is 6.23. The third-order valence-corrected chi connectivity index (χ3v) is 3.39. The Morgan fingerprint density at radius 1 is 1.65 bits per heavy atom. The average Bonchev–Trinajstić information content (AvgIpc) is 2.97. The quantitative estimate of drug-likeness (QED) is 0.825. The zero-order chi connectivity index (χ0) is 12.1. The van der Waals surface area contributed by atoms with Crippen LogP contribution in [-0.4, -0.2) is 22.5 Å². The van der Waals surface area contributed by atoms with Gasteiger partial charge in [0.15, 0.2) is 0 Å². The van der Waals surface area contributed by atoms with Crippen molar-refractivity contribution >= 4 is 0 Å². The second kappa shape index (κ2) is 6.17. The van der Waals surface area contributed by atoms with Crippen molar-refractivity contribution in [2.24, 2.45) is 5.73 Å². The number of nitrogens with two attached hydrogens (primary N) is 1. The summed E-state index contributed by atoms with van der Waals surface area (Å²) in [6, 6.07) is 2.13. The molecule has 1 aliphatic heterocycles. The zero-order valence-electron chi connectivity index (χ0n) is 10.6. The highest BCUT2D eigenvalue weighted by Gasteiger charge is 2.18. The van der Waals surface area contributed by atoms with E-state index in [0.717, 1.165) is 38.1 Å². The van der Waals surface area contributed by atoms with Gasteiger partial charge in [-0.3, -0.25) is 4.68 Å². The van der Waals surface area contributed by atoms with Crippen LogP contribution in [0.1, 0.15) is 50.8 Å². The predicted octanol–water partition coefficient (Wildman–Crippen LogP) is 2.25. The van der Waals surface area contributed by atoms with Gasteiger partial charge in [-0.05, 0) is 38.2 Å². The van der Waals surface area contributed by atoms with Crippen molar-refractivity contribution in [3.63, 3.8) is 0 Å². The summed E-state index contributed by atoms with van der Waals surface area (Å²) in [4.78, 5) is 0. The Balaban J connectivity index is 1.85. The van der Waals surface area contributed by atoms with Crippen molar-refractivity contribution in [1.82, 2.24) is 9.78 Å². The van der Waals surface area contributed by atoms with Crippen LogP contribution in [0.5, 0.6) is 0 Å². The van der Waals surface area contributed by atoms with E-state index in [9.17, 15) is 0 Å². The highest BCUT2D eigenvalue weighted by atomic mass is 16.5. The van der Waals surface area contributed by atoms with Gasteiger partial charge in [0, 0.05) is 25.4 Å². The summed E-state index contributed by atoms with van der Waals surface area (Å²) in [5, 5.41) is 4.31. The predicted molar refractivity (Wildman–Crippen MR) is 67.7 cm³/mol. The van der Waals surface area contributed by atoms with Crippen LogP contribution in [0.15, 0.2) is 12.3 Å². The minimum atomic E-state index is 0.0910. The SMILES string of the molecule is CCCn1nccc1C(N)CCC1CCCO1. The fourth-order valence-corrected chi connectivity index (χ4v) is 2.44. The molecule has 17 heavy (non-hydrogen) atoms.